The van der Waals surface area contributed by atoms with Crippen LogP contribution < -0.4 is 15.0 Å². The van der Waals surface area contributed by atoms with Crippen LogP contribution in [0.2, 0.25) is 0 Å². The molecule has 9 heteroatoms. The highest BCUT2D eigenvalue weighted by molar-refractivity contribution is 5.57. The molecule has 0 spiro atoms. The van der Waals surface area contributed by atoms with Crippen molar-refractivity contribution in [2.45, 2.75) is 13.0 Å². The fourth-order valence-electron chi connectivity index (χ4n) is 2.24. The number of aliphatic imine (C=N–C) groups is 1. The molecule has 1 atom stereocenters. The smallest absolute Gasteiger partial charge is 0.272 e. The molecule has 0 saturated carbocycles. The van der Waals surface area contributed by atoms with Crippen molar-refractivity contribution in [3.05, 3.63) is 42.2 Å². The lowest BCUT2D eigenvalue weighted by atomic mass is 10.2. The first-order valence-corrected chi connectivity index (χ1v) is 7.54. The van der Waals surface area contributed by atoms with Gasteiger partial charge in [0.15, 0.2) is 0 Å². The van der Waals surface area contributed by atoms with Gasteiger partial charge in [0.1, 0.15) is 23.9 Å². The Bertz CT molecular complexity index is 879. The normalized spacial score (nSPS) is 12.4. The van der Waals surface area contributed by atoms with Gasteiger partial charge in [0.25, 0.3) is 11.7 Å². The molecule has 1 aromatic carbocycles. The third kappa shape index (κ3) is 3.83. The summed E-state index contributed by atoms with van der Waals surface area (Å²) in [4.78, 5) is 17.1. The van der Waals surface area contributed by atoms with E-state index in [0.717, 1.165) is 11.4 Å². The molecule has 0 aliphatic heterocycles. The summed E-state index contributed by atoms with van der Waals surface area (Å²) in [6.07, 6.45) is 2.73. The minimum absolute atomic E-state index is 0.262. The number of fused-ring (bicyclic) bond motifs is 1. The summed E-state index contributed by atoms with van der Waals surface area (Å²) in [6.45, 7) is 1.92. The highest BCUT2D eigenvalue weighted by Crippen LogP contribution is 2.25. The molecule has 9 nitrogen and oxygen atoms in total. The van der Waals surface area contributed by atoms with Gasteiger partial charge in [0.2, 0.25) is 0 Å². The third-order valence-electron chi connectivity index (χ3n) is 3.38. The minimum atomic E-state index is -0.284. The fraction of sp³-hybridized carbons (Fsp3) is 0.250. The molecular weight excluding hydrogens is 324 g/mol. The first-order chi connectivity index (χ1) is 12.2. The number of nitrogens with one attached hydrogen (secondary N) is 1. The zero-order valence-corrected chi connectivity index (χ0v) is 14.1. The largest absolute Gasteiger partial charge is 0.497 e. The van der Waals surface area contributed by atoms with Gasteiger partial charge in [0.05, 0.1) is 19.9 Å². The van der Waals surface area contributed by atoms with Crippen LogP contribution in [0.4, 0.5) is 5.95 Å². The first-order valence-electron chi connectivity index (χ1n) is 7.54. The highest BCUT2D eigenvalue weighted by Gasteiger charge is 2.15. The molecule has 0 radical (unpaired) electrons. The quantitative estimate of drug-likeness (QED) is 0.399. The van der Waals surface area contributed by atoms with Gasteiger partial charge >= 0.3 is 0 Å². The van der Waals surface area contributed by atoms with Gasteiger partial charge in [-0.05, 0) is 25.1 Å². The zero-order valence-electron chi connectivity index (χ0n) is 14.1. The third-order valence-corrected chi connectivity index (χ3v) is 3.38. The molecule has 0 aliphatic carbocycles. The molecule has 0 saturated heterocycles. The van der Waals surface area contributed by atoms with Gasteiger partial charge in [-0.2, -0.15) is 14.5 Å². The van der Waals surface area contributed by atoms with Crippen LogP contribution in [0.15, 0.2) is 41.5 Å². The van der Waals surface area contributed by atoms with Gasteiger partial charge in [-0.15, -0.1) is 5.10 Å². The lowest BCUT2D eigenvalue weighted by molar-refractivity contribution is 0.148. The second-order valence-corrected chi connectivity index (χ2v) is 5.01. The van der Waals surface area contributed by atoms with E-state index in [4.69, 9.17) is 9.47 Å². The predicted octanol–water partition coefficient (Wildman–Crippen LogP) is 2.08. The maximum atomic E-state index is 5.99. The van der Waals surface area contributed by atoms with Crippen molar-refractivity contribution in [2.75, 3.05) is 14.2 Å². The van der Waals surface area contributed by atoms with Crippen molar-refractivity contribution >= 4 is 18.1 Å². The summed E-state index contributed by atoms with van der Waals surface area (Å²) in [5.41, 5.74) is 3.28. The fourth-order valence-corrected chi connectivity index (χ4v) is 2.24. The summed E-state index contributed by atoms with van der Waals surface area (Å²) in [7, 11) is 3.10. The van der Waals surface area contributed by atoms with Crippen LogP contribution in [-0.4, -0.2) is 40.1 Å². The Balaban J connectivity index is 1.86. The monoisotopic (exact) mass is 342 g/mol. The van der Waals surface area contributed by atoms with Crippen molar-refractivity contribution in [3.63, 3.8) is 0 Å². The van der Waals surface area contributed by atoms with Crippen LogP contribution in [0.25, 0.3) is 5.78 Å². The van der Waals surface area contributed by atoms with E-state index in [-0.39, 0.29) is 12.1 Å². The van der Waals surface area contributed by atoms with Gasteiger partial charge in [-0.3, -0.25) is 10.3 Å². The Morgan fingerprint density at radius 1 is 1.24 bits per heavy atom. The standard InChI is InChI=1S/C16H18N6O3/c1-11(25-13-6-4-5-12(9-13)23-2)14-7-8-17-16-20-15(21-22(14)16)18-10-19-24-3/h4-11H,1-3H3,(H,18,19,21)/t11-/m0/s1. The number of hydrogen-bond donors (Lipinski definition) is 1. The summed E-state index contributed by atoms with van der Waals surface area (Å²) >= 11 is 0. The lowest BCUT2D eigenvalue weighted by Gasteiger charge is -2.15. The van der Waals surface area contributed by atoms with Crippen LogP contribution >= 0.6 is 0 Å². The summed E-state index contributed by atoms with van der Waals surface area (Å²) in [5, 5.41) is 4.33. The molecule has 2 aromatic heterocycles. The molecule has 2 heterocycles. The Labute approximate surface area is 144 Å². The summed E-state index contributed by atoms with van der Waals surface area (Å²) < 4.78 is 12.8. The Kier molecular flexibility index (Phi) is 5.05. The van der Waals surface area contributed by atoms with E-state index in [2.05, 4.69) is 30.4 Å². The lowest BCUT2D eigenvalue weighted by Crippen LogP contribution is -2.10. The van der Waals surface area contributed by atoms with Crippen molar-refractivity contribution in [2.24, 2.45) is 4.99 Å². The van der Waals surface area contributed by atoms with Crippen molar-refractivity contribution in [1.29, 1.82) is 0 Å². The first kappa shape index (κ1) is 16.7. The maximum Gasteiger partial charge on any atom is 0.272 e. The van der Waals surface area contributed by atoms with E-state index in [9.17, 15) is 0 Å². The molecule has 25 heavy (non-hydrogen) atoms. The van der Waals surface area contributed by atoms with Crippen LogP contribution in [0.1, 0.15) is 18.7 Å². The van der Waals surface area contributed by atoms with E-state index in [0.29, 0.717) is 11.5 Å². The van der Waals surface area contributed by atoms with E-state index in [1.807, 2.05) is 37.3 Å². The number of hydroxylamine groups is 1. The number of benzene rings is 1. The average Bonchev–Trinajstić information content (AvgIpc) is 3.04. The van der Waals surface area contributed by atoms with Gasteiger partial charge in [0, 0.05) is 12.3 Å². The summed E-state index contributed by atoms with van der Waals surface area (Å²) in [6, 6.07) is 9.24. The van der Waals surface area contributed by atoms with Crippen LogP contribution in [0.3, 0.4) is 0 Å². The molecule has 1 N–H and O–H groups in total. The predicted molar refractivity (Wildman–Crippen MR) is 91.1 cm³/mol. The van der Waals surface area contributed by atoms with Gasteiger partial charge in [-0.1, -0.05) is 6.07 Å². The van der Waals surface area contributed by atoms with Gasteiger partial charge < -0.3 is 9.47 Å². The number of ether oxygens (including phenoxy) is 2. The molecule has 0 bridgehead atoms. The Morgan fingerprint density at radius 2 is 2.08 bits per heavy atom. The molecule has 0 aliphatic rings. The SMILES string of the molecule is CONC=Nc1nc2nccc([C@H](C)Oc3cccc(OC)c3)n2n1. The number of aromatic nitrogens is 4. The van der Waals surface area contributed by atoms with Crippen molar-refractivity contribution in [1.82, 2.24) is 25.1 Å². The van der Waals surface area contributed by atoms with Crippen molar-refractivity contribution < 1.29 is 14.3 Å². The van der Waals surface area contributed by atoms with Crippen molar-refractivity contribution in [3.8, 4) is 11.5 Å². The average molecular weight is 342 g/mol. The van der Waals surface area contributed by atoms with Crippen LogP contribution in [0.5, 0.6) is 11.5 Å². The van der Waals surface area contributed by atoms with E-state index >= 15 is 0 Å². The number of rotatable bonds is 7. The molecule has 3 aromatic rings. The minimum Gasteiger partial charge on any atom is -0.497 e. The molecule has 0 amide bonds. The summed E-state index contributed by atoms with van der Waals surface area (Å²) in [5.74, 6) is 2.12. The molecule has 3 rings (SSSR count). The topological polar surface area (TPSA) is 95.2 Å². The Hall–Kier alpha value is -3.20. The van der Waals surface area contributed by atoms with E-state index in [1.54, 1.807) is 17.8 Å². The van der Waals surface area contributed by atoms with Gasteiger partial charge in [-0.25, -0.2) is 4.98 Å². The Morgan fingerprint density at radius 3 is 2.88 bits per heavy atom. The molecule has 0 unspecified atom stereocenters. The molecular formula is C16H18N6O3. The second kappa shape index (κ2) is 7.58. The van der Waals surface area contributed by atoms with E-state index in [1.165, 1.54) is 13.4 Å². The van der Waals surface area contributed by atoms with Crippen LogP contribution in [-0.2, 0) is 4.84 Å². The molecule has 0 fully saturated rings. The van der Waals surface area contributed by atoms with Crippen LogP contribution in [0, 0.1) is 0 Å². The second-order valence-electron chi connectivity index (χ2n) is 5.01. The molecule has 130 valence electrons. The maximum absolute atomic E-state index is 5.99. The number of methoxy groups -OCH3 is 1. The van der Waals surface area contributed by atoms with E-state index < -0.39 is 0 Å². The number of hydrogen-bond acceptors (Lipinski definition) is 7. The zero-order chi connectivity index (χ0) is 17.6. The highest BCUT2D eigenvalue weighted by atomic mass is 16.6. The number of nitrogens with zero attached hydrogens (tertiary/aromatic N) is 5.